The summed E-state index contributed by atoms with van der Waals surface area (Å²) in [6.07, 6.45) is 0. The lowest BCUT2D eigenvalue weighted by Crippen LogP contribution is -1.32. The first-order chi connectivity index (χ1) is 1.73. The van der Waals surface area contributed by atoms with Crippen molar-refractivity contribution in [1.29, 1.82) is 0 Å². The second-order valence-electron chi connectivity index (χ2n) is 0.957. The first-order valence-corrected chi connectivity index (χ1v) is 1.91. The van der Waals surface area contributed by atoms with Gasteiger partial charge in [0.2, 0.25) is 0 Å². The molecule has 0 nitrogen and oxygen atoms in total. The van der Waals surface area contributed by atoms with E-state index >= 15 is 0 Å². The molecule has 0 aromatic carbocycles. The average Bonchev–Trinajstić information content (AvgIpc) is 0.811. The van der Waals surface area contributed by atoms with Gasteiger partial charge >= 0.3 is 0 Å². The van der Waals surface area contributed by atoms with Crippen molar-refractivity contribution in [2.45, 2.75) is 6.92 Å². The summed E-state index contributed by atoms with van der Waals surface area (Å²) in [7, 11) is 1.81. The molecule has 1 heteroatoms. The zero-order chi connectivity index (χ0) is 3.58. The predicted octanol–water partition coefficient (Wildman–Crippen LogP) is 1.13. The second-order valence-corrected chi connectivity index (χ2v) is 2.16. The van der Waals surface area contributed by atoms with Gasteiger partial charge in [-0.25, -0.2) is 0 Å². The SMILES string of the molecule is C=C(C)[PH3+]. The first kappa shape index (κ1) is 4.17. The lowest BCUT2D eigenvalue weighted by molar-refractivity contribution is 1.74. The van der Waals surface area contributed by atoms with Crippen LogP contribution in [0.15, 0.2) is 11.9 Å². The van der Waals surface area contributed by atoms with Gasteiger partial charge in [0.05, 0.1) is 5.31 Å². The van der Waals surface area contributed by atoms with E-state index < -0.39 is 0 Å². The molecule has 0 radical (unpaired) electrons. The molecule has 0 rings (SSSR count). The molecule has 0 saturated carbocycles. The van der Waals surface area contributed by atoms with Crippen LogP contribution in [0.2, 0.25) is 0 Å². The van der Waals surface area contributed by atoms with E-state index in [1.54, 1.807) is 0 Å². The highest BCUT2D eigenvalue weighted by Crippen LogP contribution is 1.93. The molecule has 0 amide bonds. The van der Waals surface area contributed by atoms with E-state index in [0.29, 0.717) is 0 Å². The van der Waals surface area contributed by atoms with E-state index in [9.17, 15) is 0 Å². The van der Waals surface area contributed by atoms with Crippen LogP contribution in [0.25, 0.3) is 0 Å². The average molecular weight is 75.1 g/mol. The Morgan fingerprint density at radius 1 is 2.00 bits per heavy atom. The Morgan fingerprint density at radius 2 is 2.00 bits per heavy atom. The Labute approximate surface area is 29.1 Å². The van der Waals surface area contributed by atoms with Crippen molar-refractivity contribution in [2.75, 3.05) is 0 Å². The van der Waals surface area contributed by atoms with Crippen molar-refractivity contribution in [3.8, 4) is 0 Å². The van der Waals surface area contributed by atoms with Crippen molar-refractivity contribution < 1.29 is 0 Å². The van der Waals surface area contributed by atoms with E-state index in [1.165, 1.54) is 5.31 Å². The van der Waals surface area contributed by atoms with E-state index in [1.807, 2.05) is 16.2 Å². The van der Waals surface area contributed by atoms with E-state index in [0.717, 1.165) is 0 Å². The van der Waals surface area contributed by atoms with Crippen molar-refractivity contribution in [1.82, 2.24) is 0 Å². The van der Waals surface area contributed by atoms with Crippen LogP contribution in [0.4, 0.5) is 0 Å². The minimum Gasteiger partial charge on any atom is -0.0616 e. The van der Waals surface area contributed by atoms with Crippen LogP contribution >= 0.6 is 9.24 Å². The molecule has 0 spiro atoms. The third-order valence-electron chi connectivity index (χ3n) is 0. The molecule has 1 atom stereocenters. The molecule has 0 heterocycles. The molecule has 0 aliphatic carbocycles. The summed E-state index contributed by atoms with van der Waals surface area (Å²) in [6, 6.07) is 0. The summed E-state index contributed by atoms with van der Waals surface area (Å²) in [6.45, 7) is 5.55. The van der Waals surface area contributed by atoms with Crippen molar-refractivity contribution in [3.63, 3.8) is 0 Å². The maximum atomic E-state index is 3.57. The molecule has 0 aromatic heterocycles. The normalized spacial score (nSPS) is 7.25. The van der Waals surface area contributed by atoms with Gasteiger partial charge in [0.15, 0.2) is 0 Å². The Kier molecular flexibility index (Phi) is 1.55. The summed E-state index contributed by atoms with van der Waals surface area (Å²) in [5, 5.41) is 1.19. The van der Waals surface area contributed by atoms with Crippen LogP contribution in [0.5, 0.6) is 0 Å². The molecule has 0 N–H and O–H groups in total. The van der Waals surface area contributed by atoms with E-state index in [2.05, 4.69) is 6.58 Å². The molecule has 0 bridgehead atoms. The van der Waals surface area contributed by atoms with Crippen molar-refractivity contribution in [3.05, 3.63) is 11.9 Å². The van der Waals surface area contributed by atoms with Crippen LogP contribution < -0.4 is 0 Å². The molecule has 0 fully saturated rings. The minimum absolute atomic E-state index is 1.19. The highest BCUT2D eigenvalue weighted by Gasteiger charge is 1.60. The molecular weight excluding hydrogens is 67.0 g/mol. The standard InChI is InChI=1S/C3H7P/c1-3(2)4/h1,4H2,2H3/p+1. The third-order valence-corrected chi connectivity index (χ3v) is 0. The summed E-state index contributed by atoms with van der Waals surface area (Å²) >= 11 is 0. The number of rotatable bonds is 0. The lowest BCUT2D eigenvalue weighted by Gasteiger charge is -1.56. The van der Waals surface area contributed by atoms with Gasteiger partial charge in [0.1, 0.15) is 0 Å². The van der Waals surface area contributed by atoms with Crippen molar-refractivity contribution in [2.24, 2.45) is 0 Å². The zero-order valence-corrected chi connectivity index (χ0v) is 4.33. The Balaban J connectivity index is 2.80. The molecule has 0 aliphatic rings. The number of allylic oxidation sites excluding steroid dienone is 1. The second kappa shape index (κ2) is 1.49. The molecule has 0 aliphatic heterocycles. The highest BCUT2D eigenvalue weighted by molar-refractivity contribution is 7.22. The van der Waals surface area contributed by atoms with Gasteiger partial charge in [-0.05, 0) is 6.92 Å². The van der Waals surface area contributed by atoms with Gasteiger partial charge in [0, 0.05) is 9.24 Å². The fourth-order valence-corrected chi connectivity index (χ4v) is 0. The number of hydrogen-bond donors (Lipinski definition) is 0. The number of hydrogen-bond acceptors (Lipinski definition) is 0. The molecule has 0 aromatic rings. The quantitative estimate of drug-likeness (QED) is 0.378. The van der Waals surface area contributed by atoms with E-state index in [4.69, 9.17) is 0 Å². The van der Waals surface area contributed by atoms with Gasteiger partial charge in [0.25, 0.3) is 0 Å². The van der Waals surface area contributed by atoms with Crippen LogP contribution in [0.3, 0.4) is 0 Å². The summed E-state index contributed by atoms with van der Waals surface area (Å²) < 4.78 is 0. The smallest absolute Gasteiger partial charge is 0.0539 e. The third kappa shape index (κ3) is 103. The van der Waals surface area contributed by atoms with Gasteiger partial charge in [-0.15, -0.1) is 0 Å². The largest absolute Gasteiger partial charge is 0.0616 e. The molecule has 1 unspecified atom stereocenters. The fraction of sp³-hybridized carbons (Fsp3) is 0.333. The van der Waals surface area contributed by atoms with Crippen LogP contribution in [-0.2, 0) is 0 Å². The molecule has 4 heavy (non-hydrogen) atoms. The Morgan fingerprint density at radius 3 is 2.00 bits per heavy atom. The van der Waals surface area contributed by atoms with Crippen molar-refractivity contribution >= 4 is 9.24 Å². The summed E-state index contributed by atoms with van der Waals surface area (Å²) in [5.41, 5.74) is 0. The van der Waals surface area contributed by atoms with Crippen LogP contribution in [0, 0.1) is 0 Å². The highest BCUT2D eigenvalue weighted by atomic mass is 31.0. The van der Waals surface area contributed by atoms with Crippen LogP contribution in [-0.4, -0.2) is 0 Å². The van der Waals surface area contributed by atoms with Gasteiger partial charge in [-0.1, -0.05) is 6.58 Å². The molecular formula is C3H8P+. The fourth-order valence-electron chi connectivity index (χ4n) is 0. The molecule has 24 valence electrons. The van der Waals surface area contributed by atoms with Gasteiger partial charge in [-0.3, -0.25) is 0 Å². The minimum atomic E-state index is 1.19. The van der Waals surface area contributed by atoms with E-state index in [-0.39, 0.29) is 0 Å². The zero-order valence-electron chi connectivity index (χ0n) is 2.91. The Hall–Kier alpha value is 0.170. The monoisotopic (exact) mass is 75.0 g/mol. The lowest BCUT2D eigenvalue weighted by atomic mass is 10.8. The van der Waals surface area contributed by atoms with Gasteiger partial charge < -0.3 is 0 Å². The summed E-state index contributed by atoms with van der Waals surface area (Å²) in [5.74, 6) is 0. The topological polar surface area (TPSA) is 0 Å². The maximum Gasteiger partial charge on any atom is 0.0539 e. The summed E-state index contributed by atoms with van der Waals surface area (Å²) in [4.78, 5) is 0. The first-order valence-electron chi connectivity index (χ1n) is 1.21. The maximum absolute atomic E-state index is 3.57. The predicted molar refractivity (Wildman–Crippen MR) is 25.9 cm³/mol. The molecule has 0 saturated heterocycles. The van der Waals surface area contributed by atoms with Crippen LogP contribution in [0.1, 0.15) is 6.92 Å². The Bertz CT molecular complexity index is 26.3. The van der Waals surface area contributed by atoms with Gasteiger partial charge in [-0.2, -0.15) is 0 Å².